The molecule has 0 bridgehead atoms. The number of alkyl halides is 3. The molecule has 14 heteroatoms. The van der Waals surface area contributed by atoms with Crippen molar-refractivity contribution in [2.24, 2.45) is 5.41 Å². The lowest BCUT2D eigenvalue weighted by molar-refractivity contribution is -0.139. The maximum atomic E-state index is 14.8. The lowest BCUT2D eigenvalue weighted by Crippen LogP contribution is -2.39. The Morgan fingerprint density at radius 2 is 1.50 bits per heavy atom. The molecule has 2 N–H and O–H groups in total. The quantitative estimate of drug-likeness (QED) is 0.211. The van der Waals surface area contributed by atoms with Gasteiger partial charge in [-0.25, -0.2) is 17.8 Å². The van der Waals surface area contributed by atoms with Crippen molar-refractivity contribution in [3.63, 3.8) is 0 Å². The average molecular weight is 685 g/mol. The van der Waals surface area contributed by atoms with Crippen LogP contribution < -0.4 is 19.5 Å². The molecule has 1 aliphatic carbocycles. The molecule has 1 aliphatic heterocycles. The molecule has 2 aliphatic rings. The van der Waals surface area contributed by atoms with Crippen molar-refractivity contribution < 1.29 is 31.1 Å². The van der Waals surface area contributed by atoms with Crippen LogP contribution in [0.15, 0.2) is 65.6 Å². The lowest BCUT2D eigenvalue weighted by atomic mass is 9.64. The molecule has 48 heavy (non-hydrogen) atoms. The van der Waals surface area contributed by atoms with Crippen LogP contribution in [0.25, 0.3) is 11.4 Å². The van der Waals surface area contributed by atoms with Gasteiger partial charge in [0.2, 0.25) is 10.0 Å². The second-order valence-corrected chi connectivity index (χ2v) is 14.3. The van der Waals surface area contributed by atoms with Gasteiger partial charge < -0.3 is 14.8 Å². The molecule has 1 aromatic heterocycles. The predicted molar refractivity (Wildman–Crippen MR) is 173 cm³/mol. The maximum Gasteiger partial charge on any atom is 0.417 e. The van der Waals surface area contributed by atoms with E-state index in [4.69, 9.17) is 9.47 Å². The largest absolute Gasteiger partial charge is 0.497 e. The fraction of sp³-hybridized carbons (Fsp3) is 0.441. The number of nitrogens with zero attached hydrogens (tertiary/aromatic N) is 4. The van der Waals surface area contributed by atoms with E-state index in [1.807, 2.05) is 0 Å². The minimum Gasteiger partial charge on any atom is -0.497 e. The van der Waals surface area contributed by atoms with Crippen molar-refractivity contribution in [1.82, 2.24) is 30.2 Å². The number of piperidine rings is 1. The van der Waals surface area contributed by atoms with Crippen LogP contribution in [0.1, 0.15) is 66.7 Å². The van der Waals surface area contributed by atoms with Crippen LogP contribution >= 0.6 is 0 Å². The van der Waals surface area contributed by atoms with E-state index >= 15 is 0 Å². The molecule has 2 heterocycles. The first-order chi connectivity index (χ1) is 23.0. The van der Waals surface area contributed by atoms with Crippen LogP contribution in [0, 0.1) is 5.41 Å². The summed E-state index contributed by atoms with van der Waals surface area (Å²) in [5.41, 5.74) is 0.616. The molecule has 256 valence electrons. The van der Waals surface area contributed by atoms with Crippen LogP contribution in [0.3, 0.4) is 0 Å². The molecule has 0 amide bonds. The number of methoxy groups -OCH3 is 2. The summed E-state index contributed by atoms with van der Waals surface area (Å²) < 4.78 is 87.0. The highest BCUT2D eigenvalue weighted by molar-refractivity contribution is 7.89. The molecule has 1 saturated heterocycles. The van der Waals surface area contributed by atoms with Crippen molar-refractivity contribution in [1.29, 1.82) is 0 Å². The minimum absolute atomic E-state index is 0.0427. The van der Waals surface area contributed by atoms with Crippen LogP contribution in [0.4, 0.5) is 13.2 Å². The zero-order valence-corrected chi connectivity index (χ0v) is 27.7. The molecular weight excluding hydrogens is 645 g/mol. The summed E-state index contributed by atoms with van der Waals surface area (Å²) >= 11 is 0. The third-order valence-corrected chi connectivity index (χ3v) is 11.3. The smallest absolute Gasteiger partial charge is 0.417 e. The van der Waals surface area contributed by atoms with E-state index < -0.39 is 26.7 Å². The Bertz CT molecular complexity index is 1810. The van der Waals surface area contributed by atoms with E-state index in [2.05, 4.69) is 25.6 Å². The number of hydrogen-bond acceptors (Lipinski definition) is 8. The molecule has 0 unspecified atom stereocenters. The third kappa shape index (κ3) is 7.20. The first kappa shape index (κ1) is 33.9. The van der Waals surface area contributed by atoms with Gasteiger partial charge in [0.05, 0.1) is 26.3 Å². The molecule has 1 spiro atoms. The Hall–Kier alpha value is -4.01. The summed E-state index contributed by atoms with van der Waals surface area (Å²) in [5.74, 6) is 0.984. The molecule has 6 rings (SSSR count). The minimum atomic E-state index is -4.97. The van der Waals surface area contributed by atoms with E-state index in [9.17, 15) is 21.6 Å². The van der Waals surface area contributed by atoms with Gasteiger partial charge in [-0.3, -0.25) is 0 Å². The first-order valence-electron chi connectivity index (χ1n) is 16.0. The summed E-state index contributed by atoms with van der Waals surface area (Å²) in [6.07, 6.45) is 0.387. The van der Waals surface area contributed by atoms with E-state index in [0.29, 0.717) is 22.6 Å². The normalized spacial score (nSPS) is 17.0. The number of ether oxygens (including phenoxy) is 2. The van der Waals surface area contributed by atoms with Gasteiger partial charge in [-0.2, -0.15) is 13.2 Å². The summed E-state index contributed by atoms with van der Waals surface area (Å²) in [4.78, 5) is -0.867. The van der Waals surface area contributed by atoms with Crippen molar-refractivity contribution in [3.8, 4) is 22.9 Å². The maximum absolute atomic E-state index is 14.8. The van der Waals surface area contributed by atoms with Gasteiger partial charge in [-0.1, -0.05) is 30.3 Å². The number of rotatable bonds is 10. The Labute approximate surface area is 278 Å². The van der Waals surface area contributed by atoms with Gasteiger partial charge in [0, 0.05) is 12.1 Å². The second kappa shape index (κ2) is 13.8. The predicted octanol–water partition coefficient (Wildman–Crippen LogP) is 5.93. The van der Waals surface area contributed by atoms with Crippen molar-refractivity contribution in [3.05, 3.63) is 82.9 Å². The fourth-order valence-electron chi connectivity index (χ4n) is 7.06. The average Bonchev–Trinajstić information content (AvgIpc) is 3.55. The number of sulfonamides is 1. The first-order valence-corrected chi connectivity index (χ1v) is 17.5. The Balaban J connectivity index is 1.46. The Morgan fingerprint density at radius 1 is 0.896 bits per heavy atom. The molecule has 0 radical (unpaired) electrons. The SMILES string of the molecule is COc1ccc(CNS(=O)(=O)c2c(C(F)(F)F)ccc(C3CCC4(CCNCC4)CC3)c2-c2nnnn2Cc2ccc(OC)cc2)cc1. The molecule has 4 aromatic rings. The van der Waals surface area contributed by atoms with E-state index in [0.717, 1.165) is 63.2 Å². The van der Waals surface area contributed by atoms with Crippen LogP contribution in [-0.2, 0) is 29.3 Å². The zero-order chi connectivity index (χ0) is 33.9. The van der Waals surface area contributed by atoms with Gasteiger partial charge in [0.15, 0.2) is 5.82 Å². The van der Waals surface area contributed by atoms with Crippen LogP contribution in [0.2, 0.25) is 0 Å². The van der Waals surface area contributed by atoms with Crippen molar-refractivity contribution >= 4 is 10.0 Å². The van der Waals surface area contributed by atoms with Gasteiger partial charge >= 0.3 is 6.18 Å². The molecule has 10 nitrogen and oxygen atoms in total. The summed E-state index contributed by atoms with van der Waals surface area (Å²) in [7, 11) is -1.71. The van der Waals surface area contributed by atoms with Crippen molar-refractivity contribution in [2.45, 2.75) is 68.6 Å². The van der Waals surface area contributed by atoms with Crippen LogP contribution in [0.5, 0.6) is 11.5 Å². The number of tetrazole rings is 1. The van der Waals surface area contributed by atoms with Crippen LogP contribution in [-0.4, -0.2) is 55.9 Å². The molecule has 1 saturated carbocycles. The monoisotopic (exact) mass is 684 g/mol. The second-order valence-electron chi connectivity index (χ2n) is 12.6. The van der Waals surface area contributed by atoms with E-state index in [1.165, 1.54) is 17.9 Å². The molecule has 0 atom stereocenters. The number of benzene rings is 3. The summed E-state index contributed by atoms with van der Waals surface area (Å²) in [6.45, 7) is 1.75. The van der Waals surface area contributed by atoms with Gasteiger partial charge in [-0.15, -0.1) is 5.10 Å². The Morgan fingerprint density at radius 3 is 2.08 bits per heavy atom. The highest BCUT2D eigenvalue weighted by Crippen LogP contribution is 2.51. The number of nitrogens with one attached hydrogen (secondary N) is 2. The summed E-state index contributed by atoms with van der Waals surface area (Å²) in [5, 5.41) is 15.5. The molecule has 2 fully saturated rings. The molecular formula is C34H39F3N6O4S. The number of aromatic nitrogens is 4. The van der Waals surface area contributed by atoms with Crippen molar-refractivity contribution in [2.75, 3.05) is 27.3 Å². The van der Waals surface area contributed by atoms with E-state index in [-0.39, 0.29) is 35.8 Å². The highest BCUT2D eigenvalue weighted by atomic mass is 32.2. The third-order valence-electron chi connectivity index (χ3n) is 9.79. The Kier molecular flexibility index (Phi) is 9.77. The highest BCUT2D eigenvalue weighted by Gasteiger charge is 2.43. The van der Waals surface area contributed by atoms with E-state index in [1.54, 1.807) is 55.6 Å². The molecule has 3 aromatic carbocycles. The van der Waals surface area contributed by atoms with Gasteiger partial charge in [0.1, 0.15) is 16.4 Å². The summed E-state index contributed by atoms with van der Waals surface area (Å²) in [6, 6.07) is 16.0. The van der Waals surface area contributed by atoms with Gasteiger partial charge in [-0.05, 0) is 120 Å². The lowest BCUT2D eigenvalue weighted by Gasteiger charge is -2.43. The van der Waals surface area contributed by atoms with Gasteiger partial charge in [0.25, 0.3) is 0 Å². The zero-order valence-electron chi connectivity index (χ0n) is 26.9. The standard InChI is InChI=1S/C34H39F3N6O4S/c1-46-26-7-3-23(4-8-26)21-39-48(44,45)31-29(34(35,36)37)12-11-28(25-13-15-33(16-14-25)17-19-38-20-18-33)30(31)32-40-41-42-43(32)22-24-5-9-27(47-2)10-6-24/h3-12,25,38-39H,13-22H2,1-2H3. The number of hydrogen-bond donors (Lipinski definition) is 2. The topological polar surface area (TPSA) is 120 Å². The fourth-order valence-corrected chi connectivity index (χ4v) is 8.51. The number of halogens is 3.